The van der Waals surface area contributed by atoms with Crippen LogP contribution in [-0.2, 0) is 16.3 Å². The van der Waals surface area contributed by atoms with Crippen molar-refractivity contribution >= 4 is 27.1 Å². The van der Waals surface area contributed by atoms with Gasteiger partial charge in [-0.05, 0) is 20.3 Å². The van der Waals surface area contributed by atoms with Crippen molar-refractivity contribution in [3.05, 3.63) is 39.9 Å². The Labute approximate surface area is 117 Å². The number of nitro benzene ring substituents is 1. The summed E-state index contributed by atoms with van der Waals surface area (Å²) < 4.78 is 22.2. The summed E-state index contributed by atoms with van der Waals surface area (Å²) in [6, 6.07) is 6.20. The van der Waals surface area contributed by atoms with Crippen LogP contribution in [0.3, 0.4) is 0 Å². The number of para-hydroxylation sites is 1. The molecule has 0 saturated carbocycles. The summed E-state index contributed by atoms with van der Waals surface area (Å²) in [7, 11) is -3.36. The second-order valence-electron chi connectivity index (χ2n) is 4.93. The van der Waals surface area contributed by atoms with Crippen molar-refractivity contribution in [2.24, 2.45) is 0 Å². The second-order valence-corrected chi connectivity index (χ2v) is 8.06. The highest BCUT2D eigenvalue weighted by Crippen LogP contribution is 2.30. The van der Waals surface area contributed by atoms with Crippen LogP contribution in [0.1, 0.15) is 19.4 Å². The first-order chi connectivity index (χ1) is 8.57. The van der Waals surface area contributed by atoms with Gasteiger partial charge < -0.3 is 0 Å². The Balaban J connectivity index is 3.08. The fourth-order valence-corrected chi connectivity index (χ4v) is 2.73. The molecule has 0 saturated heterocycles. The Morgan fingerprint density at radius 1 is 1.37 bits per heavy atom. The lowest BCUT2D eigenvalue weighted by molar-refractivity contribution is -0.385. The highest BCUT2D eigenvalue weighted by atomic mass is 35.5. The van der Waals surface area contributed by atoms with Crippen molar-refractivity contribution in [1.29, 1.82) is 0 Å². The average molecular weight is 306 g/mol. The van der Waals surface area contributed by atoms with E-state index in [1.54, 1.807) is 18.2 Å². The van der Waals surface area contributed by atoms with E-state index in [-0.39, 0.29) is 12.1 Å². The van der Waals surface area contributed by atoms with Crippen LogP contribution in [0.5, 0.6) is 0 Å². The van der Waals surface area contributed by atoms with Crippen molar-refractivity contribution in [2.75, 3.05) is 6.26 Å². The van der Waals surface area contributed by atoms with E-state index in [0.29, 0.717) is 5.56 Å². The molecule has 106 valence electrons. The molecule has 1 atom stereocenters. The van der Waals surface area contributed by atoms with Gasteiger partial charge in [0.1, 0.15) is 0 Å². The van der Waals surface area contributed by atoms with E-state index < -0.39 is 24.9 Å². The largest absolute Gasteiger partial charge is 0.272 e. The molecule has 5 nitrogen and oxygen atoms in total. The minimum atomic E-state index is -3.36. The Bertz CT molecular complexity index is 583. The number of alkyl halides is 1. The zero-order valence-electron chi connectivity index (χ0n) is 11.0. The molecule has 0 aromatic heterocycles. The minimum Gasteiger partial charge on any atom is -0.258 e. The van der Waals surface area contributed by atoms with Gasteiger partial charge in [-0.1, -0.05) is 18.2 Å². The van der Waals surface area contributed by atoms with Gasteiger partial charge in [0.15, 0.2) is 9.84 Å². The molecule has 0 amide bonds. The summed E-state index contributed by atoms with van der Waals surface area (Å²) in [6.45, 7) is 3.05. The van der Waals surface area contributed by atoms with Gasteiger partial charge in [0.05, 0.1) is 15.0 Å². The molecular weight excluding hydrogens is 290 g/mol. The summed E-state index contributed by atoms with van der Waals surface area (Å²) in [6.07, 6.45) is 1.24. The van der Waals surface area contributed by atoms with E-state index in [9.17, 15) is 18.5 Å². The fraction of sp³-hybridized carbons (Fsp3) is 0.500. The standard InChI is InChI=1S/C12H16ClNO4S/c1-12(2,19(3,17)18)11(13)8-9-6-4-5-7-10(9)14(15)16/h4-7,11H,8H2,1-3H3. The zero-order valence-corrected chi connectivity index (χ0v) is 12.5. The van der Waals surface area contributed by atoms with Crippen molar-refractivity contribution in [3.63, 3.8) is 0 Å². The van der Waals surface area contributed by atoms with Gasteiger partial charge >= 0.3 is 0 Å². The molecule has 0 aliphatic carbocycles. The Morgan fingerprint density at radius 3 is 2.37 bits per heavy atom. The van der Waals surface area contributed by atoms with Gasteiger partial charge in [-0.15, -0.1) is 11.6 Å². The predicted octanol–water partition coefficient (Wildman–Crippen LogP) is 2.57. The molecule has 0 spiro atoms. The number of hydrogen-bond donors (Lipinski definition) is 0. The Kier molecular flexibility index (Phi) is 4.58. The molecule has 1 unspecified atom stereocenters. The SMILES string of the molecule is CC(C)(C(Cl)Cc1ccccc1[N+](=O)[O-])S(C)(=O)=O. The first-order valence-corrected chi connectivity index (χ1v) is 7.96. The van der Waals surface area contributed by atoms with Crippen LogP contribution in [0.15, 0.2) is 24.3 Å². The summed E-state index contributed by atoms with van der Waals surface area (Å²) in [4.78, 5) is 10.4. The molecule has 1 aromatic rings. The molecule has 0 fully saturated rings. The molecule has 19 heavy (non-hydrogen) atoms. The third-order valence-electron chi connectivity index (χ3n) is 3.30. The van der Waals surface area contributed by atoms with Gasteiger partial charge in [0.25, 0.3) is 5.69 Å². The summed E-state index contributed by atoms with van der Waals surface area (Å²) in [5.74, 6) is 0. The summed E-state index contributed by atoms with van der Waals surface area (Å²) in [5, 5.41) is 10.1. The van der Waals surface area contributed by atoms with Gasteiger partial charge in [0.2, 0.25) is 0 Å². The van der Waals surface area contributed by atoms with Crippen LogP contribution >= 0.6 is 11.6 Å². The molecule has 1 rings (SSSR count). The molecule has 0 radical (unpaired) electrons. The highest BCUT2D eigenvalue weighted by Gasteiger charge is 2.38. The number of benzene rings is 1. The smallest absolute Gasteiger partial charge is 0.258 e. The molecule has 0 heterocycles. The number of nitrogens with zero attached hydrogens (tertiary/aromatic N) is 1. The second kappa shape index (κ2) is 5.46. The van der Waals surface area contributed by atoms with Gasteiger partial charge in [0, 0.05) is 17.9 Å². The fourth-order valence-electron chi connectivity index (χ4n) is 1.53. The van der Waals surface area contributed by atoms with Crippen LogP contribution in [0.25, 0.3) is 0 Å². The Hall–Kier alpha value is -1.14. The van der Waals surface area contributed by atoms with Gasteiger partial charge in [-0.3, -0.25) is 10.1 Å². The van der Waals surface area contributed by atoms with Crippen LogP contribution < -0.4 is 0 Å². The Morgan fingerprint density at radius 2 is 1.89 bits per heavy atom. The van der Waals surface area contributed by atoms with Crippen LogP contribution in [0, 0.1) is 10.1 Å². The molecule has 7 heteroatoms. The maximum Gasteiger partial charge on any atom is 0.272 e. The first-order valence-electron chi connectivity index (χ1n) is 5.63. The summed E-state index contributed by atoms with van der Waals surface area (Å²) >= 11 is 6.17. The lowest BCUT2D eigenvalue weighted by atomic mass is 10.00. The number of hydrogen-bond acceptors (Lipinski definition) is 4. The summed E-state index contributed by atoms with van der Waals surface area (Å²) in [5.41, 5.74) is 0.390. The molecule has 0 aliphatic heterocycles. The third-order valence-corrected chi connectivity index (χ3v) is 6.32. The number of nitro groups is 1. The van der Waals surface area contributed by atoms with Crippen molar-refractivity contribution in [3.8, 4) is 0 Å². The van der Waals surface area contributed by atoms with Crippen LogP contribution in [0.4, 0.5) is 5.69 Å². The monoisotopic (exact) mass is 305 g/mol. The van der Waals surface area contributed by atoms with Gasteiger partial charge in [-0.2, -0.15) is 0 Å². The van der Waals surface area contributed by atoms with Crippen LogP contribution in [0.2, 0.25) is 0 Å². The van der Waals surface area contributed by atoms with Gasteiger partial charge in [-0.25, -0.2) is 8.42 Å². The van der Waals surface area contributed by atoms with Crippen molar-refractivity contribution in [1.82, 2.24) is 0 Å². The van der Waals surface area contributed by atoms with E-state index in [1.165, 1.54) is 19.9 Å². The molecular formula is C12H16ClNO4S. The average Bonchev–Trinajstić information content (AvgIpc) is 2.27. The third kappa shape index (κ3) is 3.45. The number of sulfone groups is 1. The highest BCUT2D eigenvalue weighted by molar-refractivity contribution is 7.92. The molecule has 0 bridgehead atoms. The van der Waals surface area contributed by atoms with E-state index in [2.05, 4.69) is 0 Å². The van der Waals surface area contributed by atoms with Crippen LogP contribution in [-0.4, -0.2) is 29.7 Å². The first kappa shape index (κ1) is 15.9. The zero-order chi connectivity index (χ0) is 14.8. The molecule has 1 aromatic carbocycles. The van der Waals surface area contributed by atoms with Crippen molar-refractivity contribution < 1.29 is 13.3 Å². The maximum atomic E-state index is 11.7. The van der Waals surface area contributed by atoms with E-state index in [0.717, 1.165) is 6.26 Å². The maximum absolute atomic E-state index is 11.7. The lowest BCUT2D eigenvalue weighted by Gasteiger charge is -2.28. The molecule has 0 N–H and O–H groups in total. The lowest BCUT2D eigenvalue weighted by Crippen LogP contribution is -2.41. The van der Waals surface area contributed by atoms with E-state index in [4.69, 9.17) is 11.6 Å². The van der Waals surface area contributed by atoms with Crippen molar-refractivity contribution in [2.45, 2.75) is 30.4 Å². The number of halogens is 1. The van der Waals surface area contributed by atoms with E-state index in [1.807, 2.05) is 0 Å². The topological polar surface area (TPSA) is 77.3 Å². The molecule has 0 aliphatic rings. The minimum absolute atomic E-state index is 0.0440. The normalized spacial score (nSPS) is 14.1. The predicted molar refractivity (Wildman–Crippen MR) is 75.4 cm³/mol. The van der Waals surface area contributed by atoms with E-state index >= 15 is 0 Å². The number of rotatable bonds is 5. The quantitative estimate of drug-likeness (QED) is 0.476.